The lowest BCUT2D eigenvalue weighted by atomic mass is 10.1. The number of alkyl halides is 2. The van der Waals surface area contributed by atoms with Crippen molar-refractivity contribution in [3.8, 4) is 0 Å². The second-order valence-corrected chi connectivity index (χ2v) is 4.81. The van der Waals surface area contributed by atoms with Crippen molar-refractivity contribution >= 4 is 11.4 Å². The number of anilines is 1. The van der Waals surface area contributed by atoms with Crippen LogP contribution in [0.25, 0.3) is 0 Å². The van der Waals surface area contributed by atoms with E-state index in [1.54, 1.807) is 0 Å². The van der Waals surface area contributed by atoms with Gasteiger partial charge in [0.05, 0.1) is 11.0 Å². The summed E-state index contributed by atoms with van der Waals surface area (Å²) in [4.78, 5) is 9.96. The number of nitro benzene ring substituents is 1. The molecule has 110 valence electrons. The Morgan fingerprint density at radius 3 is 2.80 bits per heavy atom. The minimum absolute atomic E-state index is 0.0179. The first-order chi connectivity index (χ1) is 9.49. The van der Waals surface area contributed by atoms with Gasteiger partial charge in [0.2, 0.25) is 0 Å². The molecule has 0 aromatic heterocycles. The number of nitrogens with one attached hydrogen (secondary N) is 1. The first-order valence-corrected chi connectivity index (χ1v) is 6.43. The Kier molecular flexibility index (Phi) is 4.49. The van der Waals surface area contributed by atoms with E-state index in [-0.39, 0.29) is 29.1 Å². The largest absolute Gasteiger partial charge is 0.380 e. The number of nitro groups is 1. The molecule has 2 unspecified atom stereocenters. The molecule has 0 saturated carbocycles. The second-order valence-electron chi connectivity index (χ2n) is 4.81. The second kappa shape index (κ2) is 6.13. The third-order valence-electron chi connectivity index (χ3n) is 3.39. The van der Waals surface area contributed by atoms with E-state index < -0.39 is 11.3 Å². The molecule has 1 aromatic rings. The zero-order chi connectivity index (χ0) is 14.7. The summed E-state index contributed by atoms with van der Waals surface area (Å²) in [5, 5.41) is 13.6. The molecule has 1 aliphatic rings. The lowest BCUT2D eigenvalue weighted by Gasteiger charge is -2.22. The Labute approximate surface area is 115 Å². The van der Waals surface area contributed by atoms with Crippen LogP contribution < -0.4 is 5.32 Å². The van der Waals surface area contributed by atoms with Crippen LogP contribution in [0.4, 0.5) is 20.2 Å². The maximum Gasteiger partial charge on any atom is 0.270 e. The SMILES string of the molecule is CC(Nc1ccc([N+](=O)[O-])cc1C(F)F)C1CCCO1. The van der Waals surface area contributed by atoms with E-state index in [1.165, 1.54) is 12.1 Å². The van der Waals surface area contributed by atoms with Crippen LogP contribution in [0.1, 0.15) is 31.8 Å². The molecule has 2 atom stereocenters. The van der Waals surface area contributed by atoms with E-state index in [4.69, 9.17) is 4.74 Å². The summed E-state index contributed by atoms with van der Waals surface area (Å²) in [7, 11) is 0. The fraction of sp³-hybridized carbons (Fsp3) is 0.538. The summed E-state index contributed by atoms with van der Waals surface area (Å²) in [5.74, 6) is 0. The summed E-state index contributed by atoms with van der Waals surface area (Å²) in [5.41, 5.74) is -0.478. The van der Waals surface area contributed by atoms with Gasteiger partial charge in [-0.25, -0.2) is 8.78 Å². The molecule has 1 fully saturated rings. The molecule has 0 spiro atoms. The van der Waals surface area contributed by atoms with Crippen molar-refractivity contribution in [3.63, 3.8) is 0 Å². The molecule has 7 heteroatoms. The van der Waals surface area contributed by atoms with Gasteiger partial charge in [0.1, 0.15) is 0 Å². The minimum Gasteiger partial charge on any atom is -0.380 e. The van der Waals surface area contributed by atoms with Gasteiger partial charge in [0.25, 0.3) is 12.1 Å². The van der Waals surface area contributed by atoms with E-state index in [0.29, 0.717) is 6.61 Å². The number of ether oxygens (including phenoxy) is 1. The number of halogens is 2. The highest BCUT2D eigenvalue weighted by Gasteiger charge is 2.24. The molecule has 5 nitrogen and oxygen atoms in total. The molecule has 0 bridgehead atoms. The van der Waals surface area contributed by atoms with Crippen molar-refractivity contribution in [2.24, 2.45) is 0 Å². The molecule has 1 N–H and O–H groups in total. The van der Waals surface area contributed by atoms with Crippen LogP contribution in [0.15, 0.2) is 18.2 Å². The van der Waals surface area contributed by atoms with Crippen LogP contribution in [0.3, 0.4) is 0 Å². The number of nitrogens with zero attached hydrogens (tertiary/aromatic N) is 1. The van der Waals surface area contributed by atoms with Crippen LogP contribution in [-0.2, 0) is 4.74 Å². The summed E-state index contributed by atoms with van der Waals surface area (Å²) < 4.78 is 31.5. The van der Waals surface area contributed by atoms with E-state index >= 15 is 0 Å². The fourth-order valence-electron chi connectivity index (χ4n) is 2.31. The Bertz CT molecular complexity index is 491. The van der Waals surface area contributed by atoms with Gasteiger partial charge in [-0.15, -0.1) is 0 Å². The third kappa shape index (κ3) is 3.22. The van der Waals surface area contributed by atoms with Crippen LogP contribution >= 0.6 is 0 Å². The van der Waals surface area contributed by atoms with Crippen LogP contribution in [-0.4, -0.2) is 23.7 Å². The average Bonchev–Trinajstić information content (AvgIpc) is 2.92. The normalized spacial score (nSPS) is 20.1. The van der Waals surface area contributed by atoms with Crippen LogP contribution in [0.5, 0.6) is 0 Å². The highest BCUT2D eigenvalue weighted by molar-refractivity contribution is 5.57. The predicted octanol–water partition coefficient (Wildman–Crippen LogP) is 3.51. The number of benzene rings is 1. The maximum absolute atomic E-state index is 13.0. The maximum atomic E-state index is 13.0. The van der Waals surface area contributed by atoms with Crippen molar-refractivity contribution < 1.29 is 18.4 Å². The number of hydrogen-bond acceptors (Lipinski definition) is 4. The fourth-order valence-corrected chi connectivity index (χ4v) is 2.31. The highest BCUT2D eigenvalue weighted by Crippen LogP contribution is 2.32. The van der Waals surface area contributed by atoms with E-state index in [9.17, 15) is 18.9 Å². The molecule has 20 heavy (non-hydrogen) atoms. The molecule has 0 radical (unpaired) electrons. The van der Waals surface area contributed by atoms with Crippen molar-refractivity contribution in [1.29, 1.82) is 0 Å². The van der Waals surface area contributed by atoms with Crippen molar-refractivity contribution in [2.75, 3.05) is 11.9 Å². The first-order valence-electron chi connectivity index (χ1n) is 6.43. The third-order valence-corrected chi connectivity index (χ3v) is 3.39. The van der Waals surface area contributed by atoms with Gasteiger partial charge in [0.15, 0.2) is 0 Å². The highest BCUT2D eigenvalue weighted by atomic mass is 19.3. The van der Waals surface area contributed by atoms with E-state index in [0.717, 1.165) is 18.9 Å². The van der Waals surface area contributed by atoms with Crippen molar-refractivity contribution in [1.82, 2.24) is 0 Å². The Hall–Kier alpha value is -1.76. The Morgan fingerprint density at radius 2 is 2.25 bits per heavy atom. The predicted molar refractivity (Wildman–Crippen MR) is 70.1 cm³/mol. The van der Waals surface area contributed by atoms with E-state index in [1.807, 2.05) is 6.92 Å². The molecule has 2 rings (SSSR count). The van der Waals surface area contributed by atoms with Gasteiger partial charge in [-0.3, -0.25) is 10.1 Å². The molecule has 1 heterocycles. The molecule has 1 saturated heterocycles. The summed E-state index contributed by atoms with van der Waals surface area (Å²) in [6, 6.07) is 3.33. The summed E-state index contributed by atoms with van der Waals surface area (Å²) in [6.07, 6.45) is -0.950. The Morgan fingerprint density at radius 1 is 1.50 bits per heavy atom. The smallest absolute Gasteiger partial charge is 0.270 e. The molecule has 1 aromatic carbocycles. The molecule has 0 aliphatic carbocycles. The summed E-state index contributed by atoms with van der Waals surface area (Å²) in [6.45, 7) is 2.53. The van der Waals surface area contributed by atoms with Crippen LogP contribution in [0.2, 0.25) is 0 Å². The lowest BCUT2D eigenvalue weighted by Crippen LogP contribution is -2.30. The topological polar surface area (TPSA) is 64.4 Å². The van der Waals surface area contributed by atoms with Gasteiger partial charge in [-0.2, -0.15) is 0 Å². The van der Waals surface area contributed by atoms with Crippen LogP contribution in [0, 0.1) is 10.1 Å². The van der Waals surface area contributed by atoms with Crippen molar-refractivity contribution in [2.45, 2.75) is 38.3 Å². The van der Waals surface area contributed by atoms with E-state index in [2.05, 4.69) is 5.32 Å². The zero-order valence-corrected chi connectivity index (χ0v) is 11.0. The first kappa shape index (κ1) is 14.6. The molecule has 0 amide bonds. The molecular formula is C13H16F2N2O3. The van der Waals surface area contributed by atoms with Gasteiger partial charge in [-0.1, -0.05) is 0 Å². The number of hydrogen-bond donors (Lipinski definition) is 1. The standard InChI is InChI=1S/C13H16F2N2O3/c1-8(12-3-2-6-20-12)16-11-5-4-9(17(18)19)7-10(11)13(14)15/h4-5,7-8,12-13,16H,2-3,6H2,1H3. The average molecular weight is 286 g/mol. The quantitative estimate of drug-likeness (QED) is 0.664. The number of non-ortho nitro benzene ring substituents is 1. The monoisotopic (exact) mass is 286 g/mol. The molecular weight excluding hydrogens is 270 g/mol. The van der Waals surface area contributed by atoms with Gasteiger partial charge >= 0.3 is 0 Å². The van der Waals surface area contributed by atoms with Gasteiger partial charge < -0.3 is 10.1 Å². The van der Waals surface area contributed by atoms with Gasteiger partial charge in [-0.05, 0) is 25.8 Å². The zero-order valence-electron chi connectivity index (χ0n) is 11.0. The molecule has 1 aliphatic heterocycles. The number of rotatable bonds is 5. The lowest BCUT2D eigenvalue weighted by molar-refractivity contribution is -0.385. The minimum atomic E-state index is -2.77. The summed E-state index contributed by atoms with van der Waals surface area (Å²) >= 11 is 0. The van der Waals surface area contributed by atoms with Crippen molar-refractivity contribution in [3.05, 3.63) is 33.9 Å². The Balaban J connectivity index is 2.19. The van der Waals surface area contributed by atoms with Gasteiger partial charge in [0, 0.05) is 36.0 Å².